The van der Waals surface area contributed by atoms with Crippen molar-refractivity contribution in [3.63, 3.8) is 0 Å². The highest BCUT2D eigenvalue weighted by molar-refractivity contribution is 6.08. The third kappa shape index (κ3) is 5.04. The first-order chi connectivity index (χ1) is 13.6. The first-order valence-electron chi connectivity index (χ1n) is 9.57. The first kappa shape index (κ1) is 21.1. The zero-order valence-electron chi connectivity index (χ0n) is 16.2. The minimum atomic E-state index is -0.397. The summed E-state index contributed by atoms with van der Waals surface area (Å²) in [6.45, 7) is 1.86. The molecule has 1 aromatic carbocycles. The molecule has 10 heteroatoms. The van der Waals surface area contributed by atoms with Crippen molar-refractivity contribution in [3.05, 3.63) is 35.7 Å². The number of hydrogen-bond acceptors (Lipinski definition) is 6. The minimum absolute atomic E-state index is 0. The highest BCUT2D eigenvalue weighted by atomic mass is 35.5. The van der Waals surface area contributed by atoms with Gasteiger partial charge in [0, 0.05) is 6.04 Å². The highest BCUT2D eigenvalue weighted by Crippen LogP contribution is 2.25. The molecule has 0 spiro atoms. The second-order valence-corrected chi connectivity index (χ2v) is 7.18. The highest BCUT2D eigenvalue weighted by Gasteiger charge is 2.26. The molecule has 0 radical (unpaired) electrons. The third-order valence-electron chi connectivity index (χ3n) is 5.06. The molecule has 156 valence electrons. The Bertz CT molecular complexity index is 877. The van der Waals surface area contributed by atoms with Crippen LogP contribution in [-0.2, 0) is 0 Å². The van der Waals surface area contributed by atoms with E-state index < -0.39 is 5.91 Å². The molecule has 0 unspecified atom stereocenters. The molecule has 9 nitrogen and oxygen atoms in total. The monoisotopic (exact) mass is 420 g/mol. The number of nitrogens with one attached hydrogen (secondary N) is 3. The van der Waals surface area contributed by atoms with Gasteiger partial charge >= 0.3 is 0 Å². The third-order valence-corrected chi connectivity index (χ3v) is 5.06. The van der Waals surface area contributed by atoms with Crippen LogP contribution in [0.3, 0.4) is 0 Å². The number of piperidine rings is 1. The van der Waals surface area contributed by atoms with Crippen molar-refractivity contribution >= 4 is 29.9 Å². The maximum Gasteiger partial charge on any atom is 0.277 e. The quantitative estimate of drug-likeness (QED) is 0.657. The average molecular weight is 421 g/mol. The molecule has 0 bridgehead atoms. The molecule has 1 saturated carbocycles. The lowest BCUT2D eigenvalue weighted by atomic mass is 10.1. The van der Waals surface area contributed by atoms with Gasteiger partial charge in [0.25, 0.3) is 11.8 Å². The van der Waals surface area contributed by atoms with Crippen molar-refractivity contribution in [2.75, 3.05) is 25.5 Å². The van der Waals surface area contributed by atoms with E-state index in [4.69, 9.17) is 4.74 Å². The molecule has 1 saturated heterocycles. The minimum Gasteiger partial charge on any atom is -0.497 e. The Labute approximate surface area is 175 Å². The maximum absolute atomic E-state index is 12.7. The number of hydrogen-bond donors (Lipinski definition) is 3. The van der Waals surface area contributed by atoms with E-state index in [-0.39, 0.29) is 36.1 Å². The van der Waals surface area contributed by atoms with E-state index >= 15 is 0 Å². The fourth-order valence-electron chi connectivity index (χ4n) is 3.25. The summed E-state index contributed by atoms with van der Waals surface area (Å²) in [5.41, 5.74) is 1.01. The molecule has 2 amide bonds. The number of benzene rings is 1. The van der Waals surface area contributed by atoms with E-state index in [0.717, 1.165) is 38.8 Å². The van der Waals surface area contributed by atoms with Crippen LogP contribution in [-0.4, -0.2) is 53.0 Å². The SMILES string of the molecule is COc1ccc(NC(=O)c2cn(C3CCNCC3)nn2)c(C(=O)NC2CC2)c1.Cl. The van der Waals surface area contributed by atoms with Crippen LogP contribution in [0.15, 0.2) is 24.4 Å². The van der Waals surface area contributed by atoms with Gasteiger partial charge in [0.05, 0.1) is 30.6 Å². The van der Waals surface area contributed by atoms with Gasteiger partial charge in [0.15, 0.2) is 5.69 Å². The van der Waals surface area contributed by atoms with Crippen LogP contribution in [0.1, 0.15) is 52.6 Å². The maximum atomic E-state index is 12.7. The summed E-state index contributed by atoms with van der Waals surface area (Å²) in [5.74, 6) is -0.0725. The summed E-state index contributed by atoms with van der Waals surface area (Å²) < 4.78 is 6.97. The predicted molar refractivity (Wildman–Crippen MR) is 110 cm³/mol. The summed E-state index contributed by atoms with van der Waals surface area (Å²) >= 11 is 0. The number of rotatable bonds is 6. The van der Waals surface area contributed by atoms with Crippen molar-refractivity contribution in [2.45, 2.75) is 37.8 Å². The van der Waals surface area contributed by atoms with Crippen molar-refractivity contribution in [2.24, 2.45) is 0 Å². The van der Waals surface area contributed by atoms with Gasteiger partial charge in [0.2, 0.25) is 0 Å². The van der Waals surface area contributed by atoms with E-state index in [1.807, 2.05) is 0 Å². The number of carbonyl (C=O) groups excluding carboxylic acids is 2. The Balaban J connectivity index is 0.00000240. The number of carbonyl (C=O) groups is 2. The number of anilines is 1. The molecule has 1 aliphatic carbocycles. The van der Waals surface area contributed by atoms with Crippen LogP contribution in [0.2, 0.25) is 0 Å². The van der Waals surface area contributed by atoms with Crippen LogP contribution in [0, 0.1) is 0 Å². The average Bonchev–Trinajstić information content (AvgIpc) is 3.40. The van der Waals surface area contributed by atoms with Crippen LogP contribution in [0.5, 0.6) is 5.75 Å². The molecule has 1 aliphatic heterocycles. The Morgan fingerprint density at radius 3 is 2.62 bits per heavy atom. The number of nitrogens with zero attached hydrogens (tertiary/aromatic N) is 3. The summed E-state index contributed by atoms with van der Waals surface area (Å²) in [5, 5.41) is 17.1. The van der Waals surface area contributed by atoms with Crippen molar-refractivity contribution < 1.29 is 14.3 Å². The number of amides is 2. The summed E-state index contributed by atoms with van der Waals surface area (Å²) in [6, 6.07) is 5.45. The Morgan fingerprint density at radius 2 is 1.93 bits per heavy atom. The van der Waals surface area contributed by atoms with Crippen LogP contribution in [0.4, 0.5) is 5.69 Å². The molecule has 2 aromatic rings. The number of halogens is 1. The van der Waals surface area contributed by atoms with Crippen LogP contribution in [0.25, 0.3) is 0 Å². The van der Waals surface area contributed by atoms with Gasteiger partial charge in [0.1, 0.15) is 5.75 Å². The topological polar surface area (TPSA) is 110 Å². The van der Waals surface area contributed by atoms with E-state index in [0.29, 0.717) is 17.0 Å². The van der Waals surface area contributed by atoms with E-state index in [1.165, 1.54) is 7.11 Å². The summed E-state index contributed by atoms with van der Waals surface area (Å²) in [7, 11) is 1.54. The molecule has 0 atom stereocenters. The first-order valence-corrected chi connectivity index (χ1v) is 9.57. The van der Waals surface area contributed by atoms with Crippen molar-refractivity contribution in [1.29, 1.82) is 0 Å². The van der Waals surface area contributed by atoms with Gasteiger partial charge in [-0.05, 0) is 57.0 Å². The molecule has 29 heavy (non-hydrogen) atoms. The largest absolute Gasteiger partial charge is 0.497 e. The summed E-state index contributed by atoms with van der Waals surface area (Å²) in [6.07, 6.45) is 5.54. The standard InChI is InChI=1S/C19H24N6O3.ClH/c1-28-14-4-5-16(15(10-14)18(26)21-12-2-3-12)22-19(27)17-11-25(24-23-17)13-6-8-20-9-7-13;/h4-5,10-13,20H,2-3,6-9H2,1H3,(H,21,26)(H,22,27);1H. The van der Waals surface area contributed by atoms with E-state index in [2.05, 4.69) is 26.3 Å². The second kappa shape index (κ2) is 9.23. The number of aromatic nitrogens is 3. The molecule has 1 aromatic heterocycles. The molecule has 2 heterocycles. The lowest BCUT2D eigenvalue weighted by Crippen LogP contribution is -2.29. The van der Waals surface area contributed by atoms with E-state index in [1.54, 1.807) is 29.1 Å². The van der Waals surface area contributed by atoms with Gasteiger partial charge in [-0.25, -0.2) is 4.68 Å². The zero-order chi connectivity index (χ0) is 19.5. The number of methoxy groups -OCH3 is 1. The lowest BCUT2D eigenvalue weighted by molar-refractivity contribution is 0.0951. The van der Waals surface area contributed by atoms with Gasteiger partial charge in [-0.2, -0.15) is 0 Å². The lowest BCUT2D eigenvalue weighted by Gasteiger charge is -2.22. The predicted octanol–water partition coefficient (Wildman–Crippen LogP) is 1.78. The fraction of sp³-hybridized carbons (Fsp3) is 0.474. The molecule has 4 rings (SSSR count). The number of ether oxygens (including phenoxy) is 1. The van der Waals surface area contributed by atoms with E-state index in [9.17, 15) is 9.59 Å². The normalized spacial score (nSPS) is 16.6. The Morgan fingerprint density at radius 1 is 1.17 bits per heavy atom. The van der Waals surface area contributed by atoms with Gasteiger partial charge in [-0.1, -0.05) is 5.21 Å². The Kier molecular flexibility index (Phi) is 6.71. The molecule has 2 aliphatic rings. The fourth-order valence-corrected chi connectivity index (χ4v) is 3.25. The molecule has 3 N–H and O–H groups in total. The van der Waals surface area contributed by atoms with Crippen molar-refractivity contribution in [1.82, 2.24) is 25.6 Å². The van der Waals surface area contributed by atoms with Crippen LogP contribution < -0.4 is 20.7 Å². The van der Waals surface area contributed by atoms with Gasteiger partial charge < -0.3 is 20.7 Å². The second-order valence-electron chi connectivity index (χ2n) is 7.18. The Hall–Kier alpha value is -2.65. The van der Waals surface area contributed by atoms with Crippen LogP contribution >= 0.6 is 12.4 Å². The molecule has 2 fully saturated rings. The summed E-state index contributed by atoms with van der Waals surface area (Å²) in [4.78, 5) is 25.2. The van der Waals surface area contributed by atoms with Crippen molar-refractivity contribution in [3.8, 4) is 5.75 Å². The van der Waals surface area contributed by atoms with Gasteiger partial charge in [-0.15, -0.1) is 17.5 Å². The molecular formula is C19H25ClN6O3. The smallest absolute Gasteiger partial charge is 0.277 e. The molecular weight excluding hydrogens is 396 g/mol. The zero-order valence-corrected chi connectivity index (χ0v) is 17.0. The van der Waals surface area contributed by atoms with Gasteiger partial charge in [-0.3, -0.25) is 9.59 Å².